The molecule has 5 heteroatoms. The average Bonchev–Trinajstić information content (AvgIpc) is 2.49. The number of quaternary nitrogens is 1. The van der Waals surface area contributed by atoms with Gasteiger partial charge in [0, 0.05) is 19.6 Å². The second-order valence-electron chi connectivity index (χ2n) is 4.35. The van der Waals surface area contributed by atoms with Crippen molar-refractivity contribution in [3.63, 3.8) is 0 Å². The molecule has 0 aromatic heterocycles. The van der Waals surface area contributed by atoms with E-state index in [1.807, 2.05) is 24.3 Å². The highest BCUT2D eigenvalue weighted by molar-refractivity contribution is 5.32. The molecular formula is C15H26NO4+. The van der Waals surface area contributed by atoms with Gasteiger partial charge >= 0.3 is 0 Å². The zero-order chi connectivity index (χ0) is 14.5. The van der Waals surface area contributed by atoms with Gasteiger partial charge in [-0.1, -0.05) is 6.07 Å². The molecule has 0 aliphatic rings. The normalized spacial score (nSPS) is 10.5. The summed E-state index contributed by atoms with van der Waals surface area (Å²) in [4.78, 5) is 0. The van der Waals surface area contributed by atoms with Crippen LogP contribution in [0.5, 0.6) is 11.5 Å². The number of hydrogen-bond acceptors (Lipinski definition) is 4. The molecule has 0 aliphatic carbocycles. The summed E-state index contributed by atoms with van der Waals surface area (Å²) in [6.45, 7) is 4.78. The van der Waals surface area contributed by atoms with Crippen molar-refractivity contribution in [1.29, 1.82) is 0 Å². The lowest BCUT2D eigenvalue weighted by Crippen LogP contribution is -2.85. The summed E-state index contributed by atoms with van der Waals surface area (Å²) in [5, 5.41) is 2.24. The van der Waals surface area contributed by atoms with Crippen molar-refractivity contribution >= 4 is 0 Å². The zero-order valence-electron chi connectivity index (χ0n) is 12.5. The van der Waals surface area contributed by atoms with E-state index in [0.29, 0.717) is 13.2 Å². The highest BCUT2D eigenvalue weighted by atomic mass is 16.5. The van der Waals surface area contributed by atoms with Crippen molar-refractivity contribution in [2.75, 3.05) is 53.7 Å². The second-order valence-corrected chi connectivity index (χ2v) is 4.35. The van der Waals surface area contributed by atoms with Crippen LogP contribution in [0, 0.1) is 0 Å². The summed E-state index contributed by atoms with van der Waals surface area (Å²) in [6, 6.07) is 7.57. The van der Waals surface area contributed by atoms with Crippen molar-refractivity contribution < 1.29 is 24.3 Å². The minimum absolute atomic E-state index is 0.552. The van der Waals surface area contributed by atoms with Crippen molar-refractivity contribution in [1.82, 2.24) is 0 Å². The number of nitrogens with two attached hydrogens (primary N) is 1. The lowest BCUT2D eigenvalue weighted by Gasteiger charge is -2.08. The van der Waals surface area contributed by atoms with E-state index in [2.05, 4.69) is 5.32 Å². The molecular weight excluding hydrogens is 258 g/mol. The maximum absolute atomic E-state index is 5.58. The van der Waals surface area contributed by atoms with Crippen molar-refractivity contribution in [2.45, 2.75) is 6.42 Å². The van der Waals surface area contributed by atoms with Gasteiger partial charge in [-0.15, -0.1) is 0 Å². The fourth-order valence-corrected chi connectivity index (χ4v) is 1.69. The number of ether oxygens (including phenoxy) is 4. The van der Waals surface area contributed by atoms with Crippen molar-refractivity contribution in [2.24, 2.45) is 0 Å². The molecule has 0 saturated heterocycles. The zero-order valence-corrected chi connectivity index (χ0v) is 12.5. The minimum Gasteiger partial charge on any atom is -0.497 e. The Hall–Kier alpha value is -1.30. The van der Waals surface area contributed by atoms with E-state index in [-0.39, 0.29) is 0 Å². The summed E-state index contributed by atoms with van der Waals surface area (Å²) in [5.41, 5.74) is 0. The third-order valence-corrected chi connectivity index (χ3v) is 2.76. The molecule has 1 aromatic rings. The van der Waals surface area contributed by atoms with E-state index in [4.69, 9.17) is 18.9 Å². The maximum Gasteiger partial charge on any atom is 0.123 e. The van der Waals surface area contributed by atoms with Gasteiger partial charge in [0.25, 0.3) is 0 Å². The van der Waals surface area contributed by atoms with Crippen LogP contribution in [0.2, 0.25) is 0 Å². The second kappa shape index (κ2) is 11.5. The van der Waals surface area contributed by atoms with Crippen LogP contribution in [0.3, 0.4) is 0 Å². The molecule has 2 N–H and O–H groups in total. The van der Waals surface area contributed by atoms with Gasteiger partial charge in [-0.2, -0.15) is 0 Å². The Kier molecular flexibility index (Phi) is 9.65. The van der Waals surface area contributed by atoms with Crippen LogP contribution in [0.1, 0.15) is 6.42 Å². The quantitative estimate of drug-likeness (QED) is 0.574. The lowest BCUT2D eigenvalue weighted by molar-refractivity contribution is -0.656. The average molecular weight is 284 g/mol. The Bertz CT molecular complexity index is 346. The predicted molar refractivity (Wildman–Crippen MR) is 77.5 cm³/mol. The monoisotopic (exact) mass is 284 g/mol. The highest BCUT2D eigenvalue weighted by Gasteiger charge is 1.97. The van der Waals surface area contributed by atoms with Crippen molar-refractivity contribution in [3.05, 3.63) is 24.3 Å². The first-order chi connectivity index (χ1) is 9.86. The molecule has 0 amide bonds. The van der Waals surface area contributed by atoms with E-state index >= 15 is 0 Å². The van der Waals surface area contributed by atoms with Gasteiger partial charge in [-0.3, -0.25) is 0 Å². The van der Waals surface area contributed by atoms with Crippen LogP contribution < -0.4 is 14.8 Å². The van der Waals surface area contributed by atoms with E-state index in [1.54, 1.807) is 14.2 Å². The van der Waals surface area contributed by atoms with Gasteiger partial charge in [0.2, 0.25) is 0 Å². The van der Waals surface area contributed by atoms with Crippen LogP contribution in [0.15, 0.2) is 24.3 Å². The van der Waals surface area contributed by atoms with Crippen molar-refractivity contribution in [3.8, 4) is 11.5 Å². The van der Waals surface area contributed by atoms with Crippen LogP contribution in [0.4, 0.5) is 0 Å². The van der Waals surface area contributed by atoms with Crippen LogP contribution in [-0.4, -0.2) is 53.7 Å². The largest absolute Gasteiger partial charge is 0.497 e. The third-order valence-electron chi connectivity index (χ3n) is 2.76. The molecule has 0 unspecified atom stereocenters. The maximum atomic E-state index is 5.58. The Labute approximate surface area is 121 Å². The van der Waals surface area contributed by atoms with Gasteiger partial charge < -0.3 is 24.3 Å². The van der Waals surface area contributed by atoms with Crippen LogP contribution >= 0.6 is 0 Å². The van der Waals surface area contributed by atoms with Crippen LogP contribution in [-0.2, 0) is 9.47 Å². The van der Waals surface area contributed by atoms with Gasteiger partial charge in [0.1, 0.15) is 18.1 Å². The summed E-state index contributed by atoms with van der Waals surface area (Å²) < 4.78 is 21.2. The molecule has 0 bridgehead atoms. The summed E-state index contributed by atoms with van der Waals surface area (Å²) in [7, 11) is 3.37. The number of hydrogen-bond donors (Lipinski definition) is 1. The summed E-state index contributed by atoms with van der Waals surface area (Å²) in [6.07, 6.45) is 1.08. The molecule has 1 aromatic carbocycles. The molecule has 0 atom stereocenters. The fourth-order valence-electron chi connectivity index (χ4n) is 1.69. The number of methoxy groups -OCH3 is 2. The van der Waals surface area contributed by atoms with E-state index in [1.165, 1.54) is 0 Å². The molecule has 0 saturated carbocycles. The van der Waals surface area contributed by atoms with E-state index in [9.17, 15) is 0 Å². The van der Waals surface area contributed by atoms with Gasteiger partial charge in [-0.25, -0.2) is 0 Å². The Morgan fingerprint density at radius 3 is 2.60 bits per heavy atom. The molecule has 0 fully saturated rings. The standard InChI is InChI=1S/C15H25NO4/c1-17-9-4-7-16-8-10-19-11-12-20-15-6-3-5-14(13-15)18-2/h3,5-6,13,16H,4,7-12H2,1-2H3/p+1. The first kappa shape index (κ1) is 16.8. The first-order valence-electron chi connectivity index (χ1n) is 7.02. The smallest absolute Gasteiger partial charge is 0.123 e. The van der Waals surface area contributed by atoms with Gasteiger partial charge in [0.05, 0.1) is 40.0 Å². The molecule has 20 heavy (non-hydrogen) atoms. The van der Waals surface area contributed by atoms with E-state index < -0.39 is 0 Å². The van der Waals surface area contributed by atoms with Gasteiger partial charge in [0.15, 0.2) is 0 Å². The third kappa shape index (κ3) is 7.99. The van der Waals surface area contributed by atoms with E-state index in [0.717, 1.165) is 44.2 Å². The summed E-state index contributed by atoms with van der Waals surface area (Å²) >= 11 is 0. The number of benzene rings is 1. The SMILES string of the molecule is COCCC[NH2+]CCOCCOc1cccc(OC)c1. The molecule has 114 valence electrons. The minimum atomic E-state index is 0.552. The summed E-state index contributed by atoms with van der Waals surface area (Å²) in [5.74, 6) is 1.60. The molecule has 0 spiro atoms. The Morgan fingerprint density at radius 1 is 0.950 bits per heavy atom. The Morgan fingerprint density at radius 2 is 1.80 bits per heavy atom. The molecule has 0 aliphatic heterocycles. The first-order valence-corrected chi connectivity index (χ1v) is 7.02. The predicted octanol–water partition coefficient (Wildman–Crippen LogP) is 0.691. The highest BCUT2D eigenvalue weighted by Crippen LogP contribution is 2.18. The molecule has 5 nitrogen and oxygen atoms in total. The fraction of sp³-hybridized carbons (Fsp3) is 0.600. The Balaban J connectivity index is 1.94. The number of rotatable bonds is 12. The van der Waals surface area contributed by atoms with Gasteiger partial charge in [-0.05, 0) is 12.1 Å². The molecule has 0 radical (unpaired) electrons. The lowest BCUT2D eigenvalue weighted by atomic mass is 10.3. The molecule has 0 heterocycles. The topological polar surface area (TPSA) is 53.5 Å². The molecule has 1 rings (SSSR count). The van der Waals surface area contributed by atoms with Crippen LogP contribution in [0.25, 0.3) is 0 Å².